The van der Waals surface area contributed by atoms with Crippen LogP contribution in [0.25, 0.3) is 0 Å². The maximum Gasteiger partial charge on any atom is 0.354 e. The number of ether oxygens (including phenoxy) is 2. The van der Waals surface area contributed by atoms with Gasteiger partial charge in [-0.1, -0.05) is 0 Å². The summed E-state index contributed by atoms with van der Waals surface area (Å²) in [5, 5.41) is 0. The van der Waals surface area contributed by atoms with Crippen LogP contribution in [0.5, 0.6) is 0 Å². The zero-order valence-corrected chi connectivity index (χ0v) is 11.0. The molecule has 0 saturated heterocycles. The van der Waals surface area contributed by atoms with E-state index in [-0.39, 0.29) is 11.6 Å². The quantitative estimate of drug-likeness (QED) is 0.741. The molecule has 1 rings (SSSR count). The molecule has 1 aromatic heterocycles. The van der Waals surface area contributed by atoms with Crippen molar-refractivity contribution in [2.24, 2.45) is 0 Å². The van der Waals surface area contributed by atoms with Crippen LogP contribution in [0.1, 0.15) is 38.2 Å². The number of hydrogen-bond donors (Lipinski definition) is 0. The van der Waals surface area contributed by atoms with Gasteiger partial charge in [0.15, 0.2) is 0 Å². The van der Waals surface area contributed by atoms with Gasteiger partial charge in [-0.25, -0.2) is 4.79 Å². The molecular formula is C13H21NO3. The monoisotopic (exact) mass is 239 g/mol. The molecule has 4 nitrogen and oxygen atoms in total. The van der Waals surface area contributed by atoms with Gasteiger partial charge in [0.1, 0.15) is 5.69 Å². The molecule has 0 unspecified atom stereocenters. The van der Waals surface area contributed by atoms with E-state index in [4.69, 9.17) is 9.47 Å². The lowest BCUT2D eigenvalue weighted by atomic mass is 10.2. The maximum atomic E-state index is 11.6. The first-order valence-electron chi connectivity index (χ1n) is 5.90. The molecule has 17 heavy (non-hydrogen) atoms. The number of nitrogens with zero attached hydrogens (tertiary/aromatic N) is 1. The van der Waals surface area contributed by atoms with Crippen LogP contribution in [-0.4, -0.2) is 29.4 Å². The summed E-state index contributed by atoms with van der Waals surface area (Å²) in [7, 11) is 0. The van der Waals surface area contributed by atoms with Crippen molar-refractivity contribution in [2.45, 2.75) is 39.8 Å². The molecule has 96 valence electrons. The van der Waals surface area contributed by atoms with Crippen LogP contribution in [0.4, 0.5) is 0 Å². The van der Waals surface area contributed by atoms with Gasteiger partial charge in [0.25, 0.3) is 0 Å². The van der Waals surface area contributed by atoms with Crippen molar-refractivity contribution in [1.29, 1.82) is 0 Å². The summed E-state index contributed by atoms with van der Waals surface area (Å²) in [6.45, 7) is 9.44. The third kappa shape index (κ3) is 4.61. The summed E-state index contributed by atoms with van der Waals surface area (Å²) in [5.74, 6) is -0.284. The molecule has 0 spiro atoms. The van der Waals surface area contributed by atoms with Crippen molar-refractivity contribution in [3.05, 3.63) is 24.0 Å². The molecule has 0 amide bonds. The first-order valence-corrected chi connectivity index (χ1v) is 5.90. The lowest BCUT2D eigenvalue weighted by Crippen LogP contribution is -2.22. The van der Waals surface area contributed by atoms with E-state index < -0.39 is 0 Å². The average Bonchev–Trinajstić information content (AvgIpc) is 2.64. The predicted octanol–water partition coefficient (Wildman–Crippen LogP) is 2.48. The Bertz CT molecular complexity index is 363. The third-order valence-electron chi connectivity index (χ3n) is 2.18. The van der Waals surface area contributed by atoms with Crippen molar-refractivity contribution in [2.75, 3.05) is 13.2 Å². The Balaban J connectivity index is 2.54. The molecule has 0 N–H and O–H groups in total. The Morgan fingerprint density at radius 1 is 1.41 bits per heavy atom. The van der Waals surface area contributed by atoms with Gasteiger partial charge in [-0.05, 0) is 39.8 Å². The Labute approximate surface area is 103 Å². The molecule has 4 heteroatoms. The second-order valence-corrected chi connectivity index (χ2v) is 4.77. The fourth-order valence-electron chi connectivity index (χ4n) is 1.45. The van der Waals surface area contributed by atoms with Gasteiger partial charge >= 0.3 is 5.97 Å². The van der Waals surface area contributed by atoms with E-state index in [9.17, 15) is 4.79 Å². The Morgan fingerprint density at radius 3 is 2.71 bits per heavy atom. The molecule has 0 bridgehead atoms. The highest BCUT2D eigenvalue weighted by Gasteiger charge is 2.13. The van der Waals surface area contributed by atoms with Gasteiger partial charge in [0.2, 0.25) is 0 Å². The Morgan fingerprint density at radius 2 is 2.12 bits per heavy atom. The van der Waals surface area contributed by atoms with E-state index in [1.54, 1.807) is 13.0 Å². The molecule has 0 saturated carbocycles. The molecule has 0 aliphatic heterocycles. The van der Waals surface area contributed by atoms with Crippen molar-refractivity contribution < 1.29 is 14.3 Å². The maximum absolute atomic E-state index is 11.6. The van der Waals surface area contributed by atoms with E-state index in [2.05, 4.69) is 0 Å². The number of hydrogen-bond acceptors (Lipinski definition) is 3. The molecule has 0 aliphatic rings. The van der Waals surface area contributed by atoms with E-state index in [1.165, 1.54) is 0 Å². The number of carbonyl (C=O) groups is 1. The van der Waals surface area contributed by atoms with E-state index >= 15 is 0 Å². The summed E-state index contributed by atoms with van der Waals surface area (Å²) in [6.07, 6.45) is 1.86. The zero-order valence-electron chi connectivity index (χ0n) is 11.0. The molecule has 0 atom stereocenters. The Kier molecular flexibility index (Phi) is 4.75. The highest BCUT2D eigenvalue weighted by atomic mass is 16.5. The van der Waals surface area contributed by atoms with Crippen molar-refractivity contribution >= 4 is 5.97 Å². The molecular weight excluding hydrogens is 218 g/mol. The second kappa shape index (κ2) is 5.87. The fourth-order valence-corrected chi connectivity index (χ4v) is 1.45. The van der Waals surface area contributed by atoms with Crippen LogP contribution < -0.4 is 0 Å². The smallest absolute Gasteiger partial charge is 0.354 e. The number of aromatic nitrogens is 1. The van der Waals surface area contributed by atoms with Gasteiger partial charge in [0.05, 0.1) is 18.8 Å². The lowest BCUT2D eigenvalue weighted by Gasteiger charge is -2.20. The minimum absolute atomic E-state index is 0.156. The van der Waals surface area contributed by atoms with Gasteiger partial charge in [-0.2, -0.15) is 0 Å². The van der Waals surface area contributed by atoms with Crippen LogP contribution in [0.3, 0.4) is 0 Å². The topological polar surface area (TPSA) is 40.5 Å². The Hall–Kier alpha value is -1.29. The van der Waals surface area contributed by atoms with Crippen molar-refractivity contribution in [3.63, 3.8) is 0 Å². The molecule has 0 radical (unpaired) electrons. The summed E-state index contributed by atoms with van der Waals surface area (Å²) < 4.78 is 12.4. The van der Waals surface area contributed by atoms with Crippen LogP contribution >= 0.6 is 0 Å². The molecule has 1 aromatic rings. The minimum Gasteiger partial charge on any atom is -0.461 e. The summed E-state index contributed by atoms with van der Waals surface area (Å²) in [6, 6.07) is 3.60. The van der Waals surface area contributed by atoms with Crippen LogP contribution in [0.15, 0.2) is 18.3 Å². The normalized spacial score (nSPS) is 11.5. The van der Waals surface area contributed by atoms with Gasteiger partial charge < -0.3 is 14.0 Å². The van der Waals surface area contributed by atoms with Crippen molar-refractivity contribution in [3.8, 4) is 0 Å². The van der Waals surface area contributed by atoms with Gasteiger partial charge in [-0.3, -0.25) is 0 Å². The van der Waals surface area contributed by atoms with Crippen LogP contribution in [-0.2, 0) is 16.0 Å². The first kappa shape index (κ1) is 13.8. The van der Waals surface area contributed by atoms with Crippen LogP contribution in [0.2, 0.25) is 0 Å². The highest BCUT2D eigenvalue weighted by Crippen LogP contribution is 2.09. The second-order valence-electron chi connectivity index (χ2n) is 4.77. The predicted molar refractivity (Wildman–Crippen MR) is 66.1 cm³/mol. The van der Waals surface area contributed by atoms with Crippen LogP contribution in [0, 0.1) is 0 Å². The number of esters is 1. The zero-order chi connectivity index (χ0) is 12.9. The molecule has 1 heterocycles. The van der Waals surface area contributed by atoms with Gasteiger partial charge in [-0.15, -0.1) is 0 Å². The number of carbonyl (C=O) groups excluding carboxylic acids is 1. The molecule has 0 fully saturated rings. The molecule has 0 aliphatic carbocycles. The summed E-state index contributed by atoms with van der Waals surface area (Å²) in [4.78, 5) is 11.6. The largest absolute Gasteiger partial charge is 0.461 e. The van der Waals surface area contributed by atoms with E-state index in [0.29, 0.717) is 25.5 Å². The third-order valence-corrected chi connectivity index (χ3v) is 2.18. The van der Waals surface area contributed by atoms with Crippen molar-refractivity contribution in [1.82, 2.24) is 4.57 Å². The number of rotatable bonds is 5. The lowest BCUT2D eigenvalue weighted by molar-refractivity contribution is -0.00712. The van der Waals surface area contributed by atoms with E-state index in [0.717, 1.165) is 0 Å². The van der Waals surface area contributed by atoms with Gasteiger partial charge in [0, 0.05) is 12.7 Å². The van der Waals surface area contributed by atoms with E-state index in [1.807, 2.05) is 37.6 Å². The summed E-state index contributed by atoms with van der Waals surface area (Å²) >= 11 is 0. The minimum atomic E-state index is -0.284. The molecule has 0 aromatic carbocycles. The average molecular weight is 239 g/mol. The highest BCUT2D eigenvalue weighted by molar-refractivity contribution is 5.87. The summed E-state index contributed by atoms with van der Waals surface area (Å²) in [5.41, 5.74) is 0.418. The SMILES string of the molecule is CCOC(=O)c1cccn1CCOC(C)(C)C. The standard InChI is InChI=1S/C13H21NO3/c1-5-16-12(15)11-7-6-8-14(11)9-10-17-13(2,3)4/h6-8H,5,9-10H2,1-4H3. The first-order chi connectivity index (χ1) is 7.94. The fraction of sp³-hybridized carbons (Fsp3) is 0.615.